The molecule has 162 valence electrons. The first-order valence-electron chi connectivity index (χ1n) is 11.3. The quantitative estimate of drug-likeness (QED) is 0.587. The van der Waals surface area contributed by atoms with Crippen LogP contribution >= 0.6 is 0 Å². The lowest BCUT2D eigenvalue weighted by Crippen LogP contribution is -2.30. The number of para-hydroxylation sites is 1. The minimum Gasteiger partial charge on any atom is -0.346 e. The van der Waals surface area contributed by atoms with E-state index in [-0.39, 0.29) is 5.91 Å². The summed E-state index contributed by atoms with van der Waals surface area (Å²) in [5.74, 6) is -0.0521. The van der Waals surface area contributed by atoms with Crippen molar-refractivity contribution < 1.29 is 4.79 Å². The maximum atomic E-state index is 12.7. The third-order valence-corrected chi connectivity index (χ3v) is 6.17. The zero-order chi connectivity index (χ0) is 21.8. The van der Waals surface area contributed by atoms with Crippen LogP contribution in [0.3, 0.4) is 0 Å². The van der Waals surface area contributed by atoms with E-state index in [9.17, 15) is 4.79 Å². The lowest BCUT2D eigenvalue weighted by atomic mass is 10.1. The van der Waals surface area contributed by atoms with Crippen LogP contribution in [0.2, 0.25) is 0 Å². The second-order valence-corrected chi connectivity index (χ2v) is 8.51. The highest BCUT2D eigenvalue weighted by molar-refractivity contribution is 5.94. The molecule has 0 atom stereocenters. The van der Waals surface area contributed by atoms with Crippen LogP contribution in [0.25, 0.3) is 5.69 Å². The molecule has 1 aliphatic rings. The van der Waals surface area contributed by atoms with E-state index in [1.165, 1.54) is 16.8 Å². The van der Waals surface area contributed by atoms with Crippen molar-refractivity contribution in [3.05, 3.63) is 82.7 Å². The number of aromatic nitrogens is 2. The fourth-order valence-corrected chi connectivity index (χ4v) is 4.36. The lowest BCUT2D eigenvalue weighted by Gasteiger charge is -2.24. The van der Waals surface area contributed by atoms with Crippen LogP contribution in [0.1, 0.15) is 60.1 Å². The largest absolute Gasteiger partial charge is 0.346 e. The number of rotatable bonds is 8. The number of nitrogens with one attached hydrogen (secondary N) is 1. The van der Waals surface area contributed by atoms with E-state index in [1.807, 2.05) is 35.0 Å². The lowest BCUT2D eigenvalue weighted by molar-refractivity contribution is 0.0950. The summed E-state index contributed by atoms with van der Waals surface area (Å²) in [4.78, 5) is 15.1. The van der Waals surface area contributed by atoms with Crippen molar-refractivity contribution >= 4 is 5.91 Å². The van der Waals surface area contributed by atoms with Crippen LogP contribution < -0.4 is 5.32 Å². The molecule has 0 unspecified atom stereocenters. The third kappa shape index (κ3) is 4.72. The summed E-state index contributed by atoms with van der Waals surface area (Å²) in [6.07, 6.45) is 3.22. The topological polar surface area (TPSA) is 50.2 Å². The summed E-state index contributed by atoms with van der Waals surface area (Å²) < 4.78 is 2.05. The Morgan fingerprint density at radius 1 is 1.10 bits per heavy atom. The molecule has 5 nitrogen and oxygen atoms in total. The Bertz CT molecular complexity index is 1020. The number of benzene rings is 2. The van der Waals surface area contributed by atoms with E-state index in [4.69, 9.17) is 5.10 Å². The first-order valence-corrected chi connectivity index (χ1v) is 11.3. The van der Waals surface area contributed by atoms with Gasteiger partial charge >= 0.3 is 0 Å². The van der Waals surface area contributed by atoms with Crippen molar-refractivity contribution in [2.75, 3.05) is 6.54 Å². The minimum absolute atomic E-state index is 0.0521. The monoisotopic (exact) mass is 416 g/mol. The fraction of sp³-hybridized carbons (Fsp3) is 0.385. The van der Waals surface area contributed by atoms with Gasteiger partial charge in [-0.15, -0.1) is 0 Å². The summed E-state index contributed by atoms with van der Waals surface area (Å²) in [6, 6.07) is 18.7. The summed E-state index contributed by atoms with van der Waals surface area (Å²) in [6.45, 7) is 8.97. The predicted molar refractivity (Wildman–Crippen MR) is 124 cm³/mol. The van der Waals surface area contributed by atoms with Crippen molar-refractivity contribution in [1.29, 1.82) is 0 Å². The van der Waals surface area contributed by atoms with Gasteiger partial charge in [0.25, 0.3) is 5.91 Å². The summed E-state index contributed by atoms with van der Waals surface area (Å²) in [5, 5.41) is 7.91. The smallest absolute Gasteiger partial charge is 0.251 e. The number of hydrogen-bond acceptors (Lipinski definition) is 3. The molecular weight excluding hydrogens is 384 g/mol. The van der Waals surface area contributed by atoms with Gasteiger partial charge in [-0.25, -0.2) is 4.68 Å². The van der Waals surface area contributed by atoms with Gasteiger partial charge in [0.05, 0.1) is 17.9 Å². The molecule has 0 fully saturated rings. The predicted octanol–water partition coefficient (Wildman–Crippen LogP) is 4.52. The Kier molecular flexibility index (Phi) is 6.52. The van der Waals surface area contributed by atoms with E-state index >= 15 is 0 Å². The Balaban J connectivity index is 1.42. The number of hydrogen-bond donors (Lipinski definition) is 1. The molecule has 0 bridgehead atoms. The van der Waals surface area contributed by atoms with E-state index in [1.54, 1.807) is 0 Å². The highest BCUT2D eigenvalue weighted by atomic mass is 16.1. The molecular formula is C26H32N4O. The molecule has 0 saturated heterocycles. The summed E-state index contributed by atoms with van der Waals surface area (Å²) >= 11 is 0. The number of fused-ring (bicyclic) bond motifs is 1. The molecule has 4 rings (SSSR count). The molecule has 0 aliphatic heterocycles. The Labute approximate surface area is 185 Å². The molecule has 2 aromatic carbocycles. The van der Waals surface area contributed by atoms with Crippen molar-refractivity contribution in [1.82, 2.24) is 20.0 Å². The zero-order valence-corrected chi connectivity index (χ0v) is 18.8. The second kappa shape index (κ2) is 9.48. The van der Waals surface area contributed by atoms with Gasteiger partial charge < -0.3 is 5.32 Å². The Morgan fingerprint density at radius 3 is 2.52 bits per heavy atom. The average molecular weight is 417 g/mol. The Hall–Kier alpha value is -2.92. The Morgan fingerprint density at radius 2 is 1.84 bits per heavy atom. The molecule has 3 aromatic rings. The van der Waals surface area contributed by atoms with E-state index in [0.29, 0.717) is 18.2 Å². The molecule has 1 heterocycles. The molecule has 1 aliphatic carbocycles. The number of carbonyl (C=O) groups excluding carboxylic acids is 1. The van der Waals surface area contributed by atoms with Crippen molar-refractivity contribution in [3.63, 3.8) is 0 Å². The first-order chi connectivity index (χ1) is 15.1. The average Bonchev–Trinajstić information content (AvgIpc) is 3.40. The van der Waals surface area contributed by atoms with Crippen LogP contribution in [0.15, 0.2) is 54.6 Å². The van der Waals surface area contributed by atoms with E-state index in [0.717, 1.165) is 43.7 Å². The van der Waals surface area contributed by atoms with Crippen molar-refractivity contribution in [2.24, 2.45) is 0 Å². The van der Waals surface area contributed by atoms with Gasteiger partial charge in [-0.1, -0.05) is 37.3 Å². The highest BCUT2D eigenvalue weighted by Crippen LogP contribution is 2.27. The van der Waals surface area contributed by atoms with Gasteiger partial charge in [-0.3, -0.25) is 9.69 Å². The van der Waals surface area contributed by atoms with Crippen molar-refractivity contribution in [2.45, 2.75) is 59.2 Å². The molecule has 1 N–H and O–H groups in total. The van der Waals surface area contributed by atoms with Crippen LogP contribution in [-0.2, 0) is 25.9 Å². The standard InChI is InChI=1S/C26H32N4O/c1-4-29(19(2)3)18-20-13-15-21(16-14-20)26(31)27-17-24-23-11-8-12-25(23)30(28-24)22-9-6-5-7-10-22/h5-7,9-10,13-16,19H,4,8,11-12,17-18H2,1-3H3,(H,27,31). The number of nitrogens with zero attached hydrogens (tertiary/aromatic N) is 3. The molecule has 1 aromatic heterocycles. The van der Waals surface area contributed by atoms with E-state index in [2.05, 4.69) is 55.3 Å². The van der Waals surface area contributed by atoms with Crippen LogP contribution in [0.4, 0.5) is 0 Å². The molecule has 5 heteroatoms. The van der Waals surface area contributed by atoms with Crippen LogP contribution in [-0.4, -0.2) is 33.2 Å². The fourth-order valence-electron chi connectivity index (χ4n) is 4.36. The minimum atomic E-state index is -0.0521. The van der Waals surface area contributed by atoms with Crippen molar-refractivity contribution in [3.8, 4) is 5.69 Å². The second-order valence-electron chi connectivity index (χ2n) is 8.51. The zero-order valence-electron chi connectivity index (χ0n) is 18.8. The molecule has 31 heavy (non-hydrogen) atoms. The molecule has 0 spiro atoms. The maximum Gasteiger partial charge on any atom is 0.251 e. The highest BCUT2D eigenvalue weighted by Gasteiger charge is 2.23. The SMILES string of the molecule is CCN(Cc1ccc(C(=O)NCc2nn(-c3ccccc3)c3c2CCC3)cc1)C(C)C. The van der Waals surface area contributed by atoms with Gasteiger partial charge in [-0.2, -0.15) is 5.10 Å². The normalized spacial score (nSPS) is 13.1. The van der Waals surface area contributed by atoms with Crippen LogP contribution in [0, 0.1) is 0 Å². The van der Waals surface area contributed by atoms with Gasteiger partial charge in [0, 0.05) is 23.8 Å². The maximum absolute atomic E-state index is 12.7. The summed E-state index contributed by atoms with van der Waals surface area (Å²) in [5.41, 5.74) is 6.56. The molecule has 1 amide bonds. The summed E-state index contributed by atoms with van der Waals surface area (Å²) in [7, 11) is 0. The number of amides is 1. The van der Waals surface area contributed by atoms with Crippen LogP contribution in [0.5, 0.6) is 0 Å². The first kappa shape index (κ1) is 21.3. The molecule has 0 radical (unpaired) electrons. The van der Waals surface area contributed by atoms with Gasteiger partial charge in [0.2, 0.25) is 0 Å². The number of carbonyl (C=O) groups is 1. The van der Waals surface area contributed by atoms with Gasteiger partial charge in [0.15, 0.2) is 0 Å². The van der Waals surface area contributed by atoms with E-state index < -0.39 is 0 Å². The van der Waals surface area contributed by atoms with Gasteiger partial charge in [0.1, 0.15) is 0 Å². The third-order valence-electron chi connectivity index (χ3n) is 6.17. The van der Waals surface area contributed by atoms with Gasteiger partial charge in [-0.05, 0) is 75.0 Å². The molecule has 0 saturated carbocycles.